The van der Waals surface area contributed by atoms with Crippen molar-refractivity contribution in [2.75, 3.05) is 0 Å². The largest absolute Gasteiger partial charge is 0.507 e. The number of phenols is 1. The van der Waals surface area contributed by atoms with Gasteiger partial charge in [-0.3, -0.25) is 4.99 Å². The van der Waals surface area contributed by atoms with E-state index in [1.165, 1.54) is 12.3 Å². The minimum Gasteiger partial charge on any atom is -0.507 e. The van der Waals surface area contributed by atoms with Crippen LogP contribution in [0.25, 0.3) is 10.8 Å². The lowest BCUT2D eigenvalue weighted by molar-refractivity contribution is 0.475. The Kier molecular flexibility index (Phi) is 3.17. The molecule has 0 aliphatic rings. The van der Waals surface area contributed by atoms with Crippen molar-refractivity contribution in [2.24, 2.45) is 4.99 Å². The molecule has 98 valence electrons. The zero-order chi connectivity index (χ0) is 13.9. The quantitative estimate of drug-likeness (QED) is 0.683. The van der Waals surface area contributed by atoms with Crippen molar-refractivity contribution in [1.29, 1.82) is 0 Å². The summed E-state index contributed by atoms with van der Waals surface area (Å²) < 4.78 is 13.5. The maximum atomic E-state index is 13.5. The highest BCUT2D eigenvalue weighted by Crippen LogP contribution is 2.26. The fourth-order valence-corrected chi connectivity index (χ4v) is 2.11. The molecule has 0 atom stereocenters. The Hall–Kier alpha value is -2.68. The van der Waals surface area contributed by atoms with Crippen LogP contribution in [-0.4, -0.2) is 11.3 Å². The van der Waals surface area contributed by atoms with Crippen LogP contribution in [0.2, 0.25) is 0 Å². The van der Waals surface area contributed by atoms with Crippen LogP contribution in [0.1, 0.15) is 5.56 Å². The Bertz CT molecular complexity index is 796. The average molecular weight is 265 g/mol. The number of aliphatic imine (C=N–C) groups is 1. The standard InChI is InChI=1S/C17H12FNO/c18-15-7-3-4-8-16(15)19-11-14-13-6-2-1-5-12(13)9-10-17(14)20/h1-11,20H. The van der Waals surface area contributed by atoms with Crippen LogP contribution in [0.15, 0.2) is 65.7 Å². The first-order chi connectivity index (χ1) is 9.75. The summed E-state index contributed by atoms with van der Waals surface area (Å²) in [4.78, 5) is 4.13. The molecule has 0 radical (unpaired) electrons. The third-order valence-electron chi connectivity index (χ3n) is 3.13. The summed E-state index contributed by atoms with van der Waals surface area (Å²) in [5.74, 6) is -0.257. The molecule has 3 heteroatoms. The van der Waals surface area contributed by atoms with Crippen molar-refractivity contribution >= 4 is 22.7 Å². The molecule has 0 aromatic heterocycles. The van der Waals surface area contributed by atoms with Crippen molar-refractivity contribution in [3.8, 4) is 5.75 Å². The van der Waals surface area contributed by atoms with E-state index in [-0.39, 0.29) is 17.3 Å². The van der Waals surface area contributed by atoms with E-state index in [4.69, 9.17) is 0 Å². The SMILES string of the molecule is Oc1ccc2ccccc2c1C=Nc1ccccc1F. The molecule has 3 rings (SSSR count). The number of hydrogen-bond acceptors (Lipinski definition) is 2. The monoisotopic (exact) mass is 265 g/mol. The van der Waals surface area contributed by atoms with Gasteiger partial charge >= 0.3 is 0 Å². The Labute approximate surface area is 115 Å². The second kappa shape index (κ2) is 5.13. The number of nitrogens with zero attached hydrogens (tertiary/aromatic N) is 1. The molecule has 0 heterocycles. The zero-order valence-corrected chi connectivity index (χ0v) is 10.6. The van der Waals surface area contributed by atoms with Gasteiger partial charge in [0.1, 0.15) is 11.6 Å². The van der Waals surface area contributed by atoms with Gasteiger partial charge in [-0.1, -0.05) is 42.5 Å². The van der Waals surface area contributed by atoms with Gasteiger partial charge in [0, 0.05) is 11.8 Å². The summed E-state index contributed by atoms with van der Waals surface area (Å²) in [5, 5.41) is 11.9. The van der Waals surface area contributed by atoms with Crippen molar-refractivity contribution < 1.29 is 9.50 Å². The van der Waals surface area contributed by atoms with Crippen molar-refractivity contribution in [3.63, 3.8) is 0 Å². The number of benzene rings is 3. The topological polar surface area (TPSA) is 32.6 Å². The number of aromatic hydroxyl groups is 1. The summed E-state index contributed by atoms with van der Waals surface area (Å²) in [6.07, 6.45) is 1.50. The van der Waals surface area contributed by atoms with Gasteiger partial charge in [0.05, 0.1) is 5.69 Å². The predicted molar refractivity (Wildman–Crippen MR) is 79.3 cm³/mol. The number of hydrogen-bond donors (Lipinski definition) is 1. The Morgan fingerprint density at radius 2 is 1.65 bits per heavy atom. The molecule has 0 unspecified atom stereocenters. The summed E-state index contributed by atoms with van der Waals surface area (Å²) in [6, 6.07) is 17.4. The summed E-state index contributed by atoms with van der Waals surface area (Å²) >= 11 is 0. The van der Waals surface area contributed by atoms with Gasteiger partial charge in [-0.2, -0.15) is 0 Å². The minimum absolute atomic E-state index is 0.129. The molecule has 0 fully saturated rings. The average Bonchev–Trinajstić information content (AvgIpc) is 2.48. The van der Waals surface area contributed by atoms with Gasteiger partial charge in [-0.25, -0.2) is 4.39 Å². The summed E-state index contributed by atoms with van der Waals surface area (Å²) in [6.45, 7) is 0. The Morgan fingerprint density at radius 1 is 0.900 bits per heavy atom. The van der Waals surface area contributed by atoms with E-state index in [1.807, 2.05) is 30.3 Å². The van der Waals surface area contributed by atoms with Gasteiger partial charge < -0.3 is 5.11 Å². The molecule has 0 amide bonds. The third kappa shape index (κ3) is 2.26. The molecule has 0 aliphatic carbocycles. The third-order valence-corrected chi connectivity index (χ3v) is 3.13. The first kappa shape index (κ1) is 12.4. The molecule has 20 heavy (non-hydrogen) atoms. The fourth-order valence-electron chi connectivity index (χ4n) is 2.11. The van der Waals surface area contributed by atoms with Crippen LogP contribution >= 0.6 is 0 Å². The van der Waals surface area contributed by atoms with Crippen molar-refractivity contribution in [1.82, 2.24) is 0 Å². The molecule has 0 saturated carbocycles. The number of para-hydroxylation sites is 1. The molecular weight excluding hydrogens is 253 g/mol. The van der Waals surface area contributed by atoms with Crippen LogP contribution < -0.4 is 0 Å². The first-order valence-electron chi connectivity index (χ1n) is 6.25. The minimum atomic E-state index is -0.386. The van der Waals surface area contributed by atoms with Crippen LogP contribution in [0.4, 0.5) is 10.1 Å². The number of fused-ring (bicyclic) bond motifs is 1. The Morgan fingerprint density at radius 3 is 2.50 bits per heavy atom. The fraction of sp³-hybridized carbons (Fsp3) is 0. The van der Waals surface area contributed by atoms with Crippen molar-refractivity contribution in [2.45, 2.75) is 0 Å². The van der Waals surface area contributed by atoms with Gasteiger partial charge in [0.2, 0.25) is 0 Å². The van der Waals surface area contributed by atoms with Gasteiger partial charge in [0.15, 0.2) is 0 Å². The number of halogens is 1. The highest BCUT2D eigenvalue weighted by molar-refractivity contribution is 6.02. The van der Waals surface area contributed by atoms with E-state index >= 15 is 0 Å². The first-order valence-corrected chi connectivity index (χ1v) is 6.25. The molecular formula is C17H12FNO. The lowest BCUT2D eigenvalue weighted by atomic mass is 10.0. The van der Waals surface area contributed by atoms with Crippen molar-refractivity contribution in [3.05, 3.63) is 72.0 Å². The summed E-state index contributed by atoms with van der Waals surface area (Å²) in [5.41, 5.74) is 0.839. The lowest BCUT2D eigenvalue weighted by Gasteiger charge is -2.04. The molecule has 3 aromatic rings. The van der Waals surface area contributed by atoms with E-state index < -0.39 is 0 Å². The smallest absolute Gasteiger partial charge is 0.148 e. The highest BCUT2D eigenvalue weighted by atomic mass is 19.1. The van der Waals surface area contributed by atoms with Crippen LogP contribution in [0, 0.1) is 5.82 Å². The van der Waals surface area contributed by atoms with E-state index in [1.54, 1.807) is 24.3 Å². The zero-order valence-electron chi connectivity index (χ0n) is 10.6. The maximum Gasteiger partial charge on any atom is 0.148 e. The maximum absolute atomic E-state index is 13.5. The molecule has 1 N–H and O–H groups in total. The molecule has 3 aromatic carbocycles. The van der Waals surface area contributed by atoms with Gasteiger partial charge in [-0.05, 0) is 29.0 Å². The highest BCUT2D eigenvalue weighted by Gasteiger charge is 2.04. The second-order valence-electron chi connectivity index (χ2n) is 4.43. The molecule has 0 saturated heterocycles. The van der Waals surface area contributed by atoms with E-state index in [9.17, 15) is 9.50 Å². The Balaban J connectivity index is 2.11. The predicted octanol–water partition coefficient (Wildman–Crippen LogP) is 4.44. The second-order valence-corrected chi connectivity index (χ2v) is 4.43. The van der Waals surface area contributed by atoms with E-state index in [0.29, 0.717) is 5.56 Å². The molecule has 0 aliphatic heterocycles. The number of rotatable bonds is 2. The van der Waals surface area contributed by atoms with Gasteiger partial charge in [-0.15, -0.1) is 0 Å². The van der Waals surface area contributed by atoms with E-state index in [2.05, 4.69) is 4.99 Å². The van der Waals surface area contributed by atoms with Crippen LogP contribution in [0.3, 0.4) is 0 Å². The lowest BCUT2D eigenvalue weighted by Crippen LogP contribution is -1.86. The molecule has 2 nitrogen and oxygen atoms in total. The van der Waals surface area contributed by atoms with Crippen LogP contribution in [-0.2, 0) is 0 Å². The van der Waals surface area contributed by atoms with Crippen LogP contribution in [0.5, 0.6) is 5.75 Å². The molecule has 0 bridgehead atoms. The number of phenolic OH excluding ortho intramolecular Hbond substituents is 1. The normalized spacial score (nSPS) is 11.2. The molecule has 0 spiro atoms. The summed E-state index contributed by atoms with van der Waals surface area (Å²) in [7, 11) is 0. The van der Waals surface area contributed by atoms with Gasteiger partial charge in [0.25, 0.3) is 0 Å². The van der Waals surface area contributed by atoms with E-state index in [0.717, 1.165) is 10.8 Å².